The smallest absolute Gasteiger partial charge is 0.0238 e. The molecule has 2 aromatic rings. The molecule has 0 nitrogen and oxygen atoms in total. The van der Waals surface area contributed by atoms with E-state index < -0.39 is 0 Å². The van der Waals surface area contributed by atoms with Gasteiger partial charge in [0.1, 0.15) is 0 Å². The molecule has 2 aromatic carbocycles. The third-order valence-electron chi connectivity index (χ3n) is 2.43. The van der Waals surface area contributed by atoms with Crippen molar-refractivity contribution < 1.29 is 0 Å². The Morgan fingerprint density at radius 3 is 1.19 bits per heavy atom. The van der Waals surface area contributed by atoms with Gasteiger partial charge in [-0.05, 0) is 36.1 Å². The molecule has 0 heteroatoms. The van der Waals surface area contributed by atoms with Gasteiger partial charge in [0, 0.05) is 0 Å². The van der Waals surface area contributed by atoms with Crippen LogP contribution in [0.3, 0.4) is 0 Å². The Balaban J connectivity index is 2.15. The standard InChI is InChI=1S/C16H14/c1-13-3-7-15(8-4-13)11-12-16-9-5-14(2)6-10-16/h3-12H,1-2H2/b12-11-. The lowest BCUT2D eigenvalue weighted by molar-refractivity contribution is 1.57. The number of rotatable bonds is 2. The van der Waals surface area contributed by atoms with Crippen LogP contribution in [0.15, 0.2) is 48.5 Å². The van der Waals surface area contributed by atoms with Crippen molar-refractivity contribution in [3.05, 3.63) is 84.6 Å². The van der Waals surface area contributed by atoms with E-state index in [0.29, 0.717) is 0 Å². The molecule has 0 unspecified atom stereocenters. The van der Waals surface area contributed by atoms with Gasteiger partial charge < -0.3 is 0 Å². The van der Waals surface area contributed by atoms with Crippen LogP contribution in [-0.4, -0.2) is 0 Å². The Hall–Kier alpha value is -1.82. The normalized spacial score (nSPS) is 10.9. The predicted octanol–water partition coefficient (Wildman–Crippen LogP) is 4.22. The van der Waals surface area contributed by atoms with Crippen LogP contribution < -0.4 is 0 Å². The first kappa shape index (κ1) is 10.7. The Labute approximate surface area is 97.3 Å². The molecule has 2 rings (SSSR count). The van der Waals surface area contributed by atoms with Crippen LogP contribution in [0.25, 0.3) is 12.2 Å². The van der Waals surface area contributed by atoms with Crippen molar-refractivity contribution in [1.82, 2.24) is 0 Å². The molecule has 16 heavy (non-hydrogen) atoms. The van der Waals surface area contributed by atoms with Gasteiger partial charge in [0.05, 0.1) is 0 Å². The molecule has 0 aromatic heterocycles. The van der Waals surface area contributed by atoms with Gasteiger partial charge in [0.25, 0.3) is 0 Å². The summed E-state index contributed by atoms with van der Waals surface area (Å²) in [5.74, 6) is 0. The van der Waals surface area contributed by atoms with E-state index in [-0.39, 0.29) is 0 Å². The predicted molar refractivity (Wildman–Crippen MR) is 70.7 cm³/mol. The molecule has 78 valence electrons. The van der Waals surface area contributed by atoms with Crippen LogP contribution in [0.2, 0.25) is 0 Å². The summed E-state index contributed by atoms with van der Waals surface area (Å²) >= 11 is 0. The quantitative estimate of drug-likeness (QED) is 0.645. The largest absolute Gasteiger partial charge is 0.0584 e. The van der Waals surface area contributed by atoms with Crippen LogP contribution in [0.5, 0.6) is 0 Å². The summed E-state index contributed by atoms with van der Waals surface area (Å²) in [7, 11) is 0. The van der Waals surface area contributed by atoms with Crippen LogP contribution in [0.4, 0.5) is 0 Å². The molecule has 0 bridgehead atoms. The molecule has 0 N–H and O–H groups in total. The molecule has 0 amide bonds. The molecule has 0 aliphatic heterocycles. The summed E-state index contributed by atoms with van der Waals surface area (Å²) in [4.78, 5) is 0. The summed E-state index contributed by atoms with van der Waals surface area (Å²) in [5.41, 5.74) is 4.45. The van der Waals surface area contributed by atoms with Crippen LogP contribution in [0.1, 0.15) is 22.3 Å². The molecular formula is C16H14. The van der Waals surface area contributed by atoms with E-state index in [9.17, 15) is 0 Å². The van der Waals surface area contributed by atoms with Crippen LogP contribution in [-0.2, 0) is 0 Å². The van der Waals surface area contributed by atoms with E-state index in [1.807, 2.05) is 24.3 Å². The topological polar surface area (TPSA) is 0 Å². The molecule has 0 saturated carbocycles. The summed E-state index contributed by atoms with van der Waals surface area (Å²) in [6.45, 7) is 7.72. The van der Waals surface area contributed by atoms with Crippen molar-refractivity contribution in [3.8, 4) is 0 Å². The maximum Gasteiger partial charge on any atom is -0.0238 e. The monoisotopic (exact) mass is 206 g/mol. The molecule has 0 aliphatic rings. The third kappa shape index (κ3) is 2.83. The van der Waals surface area contributed by atoms with Gasteiger partial charge in [-0.2, -0.15) is 0 Å². The van der Waals surface area contributed by atoms with Gasteiger partial charge >= 0.3 is 0 Å². The second-order valence-electron chi connectivity index (χ2n) is 3.82. The highest BCUT2D eigenvalue weighted by atomic mass is 13.9. The number of hydrogen-bond donors (Lipinski definition) is 0. The van der Waals surface area contributed by atoms with Gasteiger partial charge in [-0.1, -0.05) is 60.7 Å². The van der Waals surface area contributed by atoms with Crippen molar-refractivity contribution in [3.63, 3.8) is 0 Å². The van der Waals surface area contributed by atoms with Crippen LogP contribution in [0, 0.1) is 13.8 Å². The average molecular weight is 206 g/mol. The molecule has 0 saturated heterocycles. The maximum absolute atomic E-state index is 3.86. The van der Waals surface area contributed by atoms with Gasteiger partial charge in [0.2, 0.25) is 0 Å². The van der Waals surface area contributed by atoms with Crippen molar-refractivity contribution >= 4 is 12.2 Å². The SMILES string of the molecule is [CH2]c1ccc(/C=C\c2ccc([CH2])cc2)cc1. The highest BCUT2D eigenvalue weighted by molar-refractivity contribution is 5.69. The van der Waals surface area contributed by atoms with E-state index in [1.165, 1.54) is 11.1 Å². The lowest BCUT2D eigenvalue weighted by Crippen LogP contribution is -1.75. The first-order valence-electron chi connectivity index (χ1n) is 5.26. The molecule has 0 spiro atoms. The number of hydrogen-bond acceptors (Lipinski definition) is 0. The summed E-state index contributed by atoms with van der Waals surface area (Å²) in [5, 5.41) is 0. The zero-order valence-corrected chi connectivity index (χ0v) is 9.19. The zero-order valence-electron chi connectivity index (χ0n) is 9.19. The fourth-order valence-corrected chi connectivity index (χ4v) is 1.45. The summed E-state index contributed by atoms with van der Waals surface area (Å²) in [6, 6.07) is 16.3. The van der Waals surface area contributed by atoms with Gasteiger partial charge in [0.15, 0.2) is 0 Å². The maximum atomic E-state index is 3.86. The minimum atomic E-state index is 1.04. The molecule has 0 fully saturated rings. The van der Waals surface area contributed by atoms with E-state index in [4.69, 9.17) is 0 Å². The van der Waals surface area contributed by atoms with E-state index >= 15 is 0 Å². The Morgan fingerprint density at radius 2 is 0.875 bits per heavy atom. The van der Waals surface area contributed by atoms with E-state index in [2.05, 4.69) is 50.3 Å². The summed E-state index contributed by atoms with van der Waals surface area (Å²) < 4.78 is 0. The number of benzene rings is 2. The highest BCUT2D eigenvalue weighted by Gasteiger charge is 1.88. The first-order valence-corrected chi connectivity index (χ1v) is 5.26. The van der Waals surface area contributed by atoms with Crippen molar-refractivity contribution in [1.29, 1.82) is 0 Å². The lowest BCUT2D eigenvalue weighted by Gasteiger charge is -1.96. The minimum Gasteiger partial charge on any atom is -0.0584 e. The lowest BCUT2D eigenvalue weighted by atomic mass is 10.1. The molecule has 2 radical (unpaired) electrons. The molecule has 0 aliphatic carbocycles. The molecule has 0 atom stereocenters. The minimum absolute atomic E-state index is 1.04. The van der Waals surface area contributed by atoms with Gasteiger partial charge in [-0.15, -0.1) is 0 Å². The van der Waals surface area contributed by atoms with Crippen molar-refractivity contribution in [2.75, 3.05) is 0 Å². The van der Waals surface area contributed by atoms with Crippen molar-refractivity contribution in [2.45, 2.75) is 0 Å². The Bertz CT molecular complexity index is 425. The second kappa shape index (κ2) is 4.80. The molecular weight excluding hydrogens is 192 g/mol. The van der Waals surface area contributed by atoms with Crippen molar-refractivity contribution in [2.24, 2.45) is 0 Å². The zero-order chi connectivity index (χ0) is 11.4. The van der Waals surface area contributed by atoms with E-state index in [0.717, 1.165) is 11.1 Å². The van der Waals surface area contributed by atoms with Gasteiger partial charge in [-0.25, -0.2) is 0 Å². The van der Waals surface area contributed by atoms with E-state index in [1.54, 1.807) is 0 Å². The average Bonchev–Trinajstić information content (AvgIpc) is 2.30. The highest BCUT2D eigenvalue weighted by Crippen LogP contribution is 2.10. The fraction of sp³-hybridized carbons (Fsp3) is 0. The Kier molecular flexibility index (Phi) is 3.21. The third-order valence-corrected chi connectivity index (χ3v) is 2.43. The fourth-order valence-electron chi connectivity index (χ4n) is 1.45. The summed E-state index contributed by atoms with van der Waals surface area (Å²) in [6.07, 6.45) is 4.19. The Morgan fingerprint density at radius 1 is 0.562 bits per heavy atom. The van der Waals surface area contributed by atoms with Gasteiger partial charge in [-0.3, -0.25) is 0 Å². The molecule has 0 heterocycles. The first-order chi connectivity index (χ1) is 7.74. The second-order valence-corrected chi connectivity index (χ2v) is 3.82. The van der Waals surface area contributed by atoms with Crippen LogP contribution >= 0.6 is 0 Å².